The van der Waals surface area contributed by atoms with Gasteiger partial charge in [-0.25, -0.2) is 4.79 Å². The number of carboxylic acid groups (broad SMARTS) is 1. The molecule has 0 atom stereocenters. The molecule has 0 heterocycles. The van der Waals surface area contributed by atoms with E-state index >= 15 is 0 Å². The fourth-order valence-electron chi connectivity index (χ4n) is 1.15. The first kappa shape index (κ1) is 12.5. The van der Waals surface area contributed by atoms with E-state index in [1.165, 1.54) is 23.9 Å². The topological polar surface area (TPSA) is 80.4 Å². The Kier molecular flexibility index (Phi) is 4.30. The van der Waals surface area contributed by atoms with Crippen molar-refractivity contribution in [2.45, 2.75) is 18.2 Å². The van der Waals surface area contributed by atoms with Crippen molar-refractivity contribution < 1.29 is 14.8 Å². The van der Waals surface area contributed by atoms with Crippen LogP contribution in [0.4, 0.5) is 5.69 Å². The van der Waals surface area contributed by atoms with Crippen LogP contribution in [0.5, 0.6) is 0 Å². The maximum Gasteiger partial charge on any atom is 0.342 e. The molecule has 6 heteroatoms. The lowest BCUT2D eigenvalue weighted by atomic mass is 10.2. The van der Waals surface area contributed by atoms with Crippen molar-refractivity contribution in [1.82, 2.24) is 0 Å². The molecular formula is C10H11NO4S. The van der Waals surface area contributed by atoms with Crippen molar-refractivity contribution in [2.75, 3.05) is 5.75 Å². The van der Waals surface area contributed by atoms with Crippen molar-refractivity contribution >= 4 is 23.4 Å². The molecule has 0 radical (unpaired) electrons. The molecule has 0 spiro atoms. The molecule has 5 nitrogen and oxygen atoms in total. The maximum absolute atomic E-state index is 10.7. The Morgan fingerprint density at radius 2 is 2.25 bits per heavy atom. The quantitative estimate of drug-likeness (QED) is 0.487. The van der Waals surface area contributed by atoms with Crippen LogP contribution in [0.25, 0.3) is 0 Å². The van der Waals surface area contributed by atoms with Gasteiger partial charge >= 0.3 is 5.97 Å². The van der Waals surface area contributed by atoms with Gasteiger partial charge in [-0.05, 0) is 24.3 Å². The fourth-order valence-corrected chi connectivity index (χ4v) is 1.95. The highest BCUT2D eigenvalue weighted by molar-refractivity contribution is 7.99. The van der Waals surface area contributed by atoms with E-state index in [-0.39, 0.29) is 11.3 Å². The zero-order valence-corrected chi connectivity index (χ0v) is 9.49. The molecule has 1 N–H and O–H groups in total. The predicted octanol–water partition coefficient (Wildman–Crippen LogP) is 2.80. The van der Waals surface area contributed by atoms with Gasteiger partial charge in [0.2, 0.25) is 0 Å². The van der Waals surface area contributed by atoms with E-state index in [4.69, 9.17) is 5.11 Å². The third-order valence-corrected chi connectivity index (χ3v) is 3.07. The third kappa shape index (κ3) is 2.96. The molecule has 1 rings (SSSR count). The van der Waals surface area contributed by atoms with Crippen LogP contribution >= 0.6 is 11.8 Å². The van der Waals surface area contributed by atoms with Gasteiger partial charge in [0, 0.05) is 11.0 Å². The summed E-state index contributed by atoms with van der Waals surface area (Å²) in [6.07, 6.45) is 0.957. The number of benzene rings is 1. The Labute approximate surface area is 96.6 Å². The lowest BCUT2D eigenvalue weighted by molar-refractivity contribution is -0.385. The number of carbonyl (C=O) groups is 1. The zero-order valence-electron chi connectivity index (χ0n) is 8.67. The monoisotopic (exact) mass is 241 g/mol. The van der Waals surface area contributed by atoms with Crippen LogP contribution in [0, 0.1) is 10.1 Å². The number of hydrogen-bond donors (Lipinski definition) is 1. The number of nitro groups is 1. The van der Waals surface area contributed by atoms with E-state index in [0.29, 0.717) is 0 Å². The van der Waals surface area contributed by atoms with Crippen LogP contribution in [0.2, 0.25) is 0 Å². The van der Waals surface area contributed by atoms with Gasteiger partial charge in [-0.15, -0.1) is 11.8 Å². The lowest BCUT2D eigenvalue weighted by Crippen LogP contribution is -2.02. The normalized spacial score (nSPS) is 10.1. The summed E-state index contributed by atoms with van der Waals surface area (Å²) in [5.74, 6) is -0.428. The van der Waals surface area contributed by atoms with Crippen LogP contribution in [0.15, 0.2) is 23.1 Å². The highest BCUT2D eigenvalue weighted by Crippen LogP contribution is 2.26. The molecule has 0 amide bonds. The van der Waals surface area contributed by atoms with Crippen molar-refractivity contribution in [3.8, 4) is 0 Å². The van der Waals surface area contributed by atoms with Crippen LogP contribution in [-0.4, -0.2) is 21.8 Å². The van der Waals surface area contributed by atoms with Gasteiger partial charge in [-0.3, -0.25) is 10.1 Å². The van der Waals surface area contributed by atoms with Crippen LogP contribution in [-0.2, 0) is 0 Å². The Bertz CT molecular complexity index is 419. The second-order valence-corrected chi connectivity index (χ2v) is 4.26. The summed E-state index contributed by atoms with van der Waals surface area (Å²) in [6, 6.07) is 4.18. The highest BCUT2D eigenvalue weighted by Gasteiger charge is 2.19. The molecule has 16 heavy (non-hydrogen) atoms. The van der Waals surface area contributed by atoms with Gasteiger partial charge in [0.1, 0.15) is 5.56 Å². The van der Waals surface area contributed by atoms with Crippen molar-refractivity contribution in [3.63, 3.8) is 0 Å². The first-order valence-corrected chi connectivity index (χ1v) is 5.69. The fraction of sp³-hybridized carbons (Fsp3) is 0.300. The second-order valence-electron chi connectivity index (χ2n) is 3.09. The molecule has 0 saturated carbocycles. The van der Waals surface area contributed by atoms with Gasteiger partial charge in [0.05, 0.1) is 4.92 Å². The zero-order chi connectivity index (χ0) is 12.1. The van der Waals surface area contributed by atoms with Gasteiger partial charge in [-0.1, -0.05) is 6.92 Å². The van der Waals surface area contributed by atoms with E-state index < -0.39 is 10.9 Å². The summed E-state index contributed by atoms with van der Waals surface area (Å²) in [5.41, 5.74) is -0.626. The van der Waals surface area contributed by atoms with Crippen LogP contribution in [0.1, 0.15) is 23.7 Å². The summed E-state index contributed by atoms with van der Waals surface area (Å²) in [7, 11) is 0. The summed E-state index contributed by atoms with van der Waals surface area (Å²) < 4.78 is 0. The average molecular weight is 241 g/mol. The first-order chi connectivity index (χ1) is 7.56. The smallest absolute Gasteiger partial charge is 0.342 e. The number of carboxylic acids is 1. The van der Waals surface area contributed by atoms with Crippen LogP contribution in [0.3, 0.4) is 0 Å². The molecule has 1 aromatic carbocycles. The molecule has 0 aliphatic carbocycles. The lowest BCUT2D eigenvalue weighted by Gasteiger charge is -2.02. The summed E-state index contributed by atoms with van der Waals surface area (Å²) >= 11 is 1.48. The Morgan fingerprint density at radius 3 is 2.75 bits per heavy atom. The molecule has 0 bridgehead atoms. The van der Waals surface area contributed by atoms with Gasteiger partial charge in [-0.2, -0.15) is 0 Å². The molecule has 0 aliphatic heterocycles. The third-order valence-electron chi connectivity index (χ3n) is 1.87. The van der Waals surface area contributed by atoms with E-state index in [1.54, 1.807) is 6.07 Å². The summed E-state index contributed by atoms with van der Waals surface area (Å²) in [4.78, 5) is 21.5. The molecule has 0 fully saturated rings. The minimum atomic E-state index is -1.28. The van der Waals surface area contributed by atoms with Gasteiger partial charge < -0.3 is 5.11 Å². The molecular weight excluding hydrogens is 230 g/mol. The van der Waals surface area contributed by atoms with E-state index in [9.17, 15) is 14.9 Å². The molecule has 0 saturated heterocycles. The van der Waals surface area contributed by atoms with E-state index in [1.807, 2.05) is 6.92 Å². The Morgan fingerprint density at radius 1 is 1.56 bits per heavy atom. The minimum Gasteiger partial charge on any atom is -0.477 e. The van der Waals surface area contributed by atoms with E-state index in [0.717, 1.165) is 17.1 Å². The Hall–Kier alpha value is -1.56. The van der Waals surface area contributed by atoms with Gasteiger partial charge in [0.15, 0.2) is 0 Å². The number of nitro benzene ring substituents is 1. The van der Waals surface area contributed by atoms with Crippen molar-refractivity contribution in [2.24, 2.45) is 0 Å². The summed E-state index contributed by atoms with van der Waals surface area (Å²) in [5, 5.41) is 19.5. The first-order valence-electron chi connectivity index (χ1n) is 4.70. The number of thioether (sulfide) groups is 1. The molecule has 86 valence electrons. The number of hydrogen-bond acceptors (Lipinski definition) is 4. The number of nitrogens with zero attached hydrogens (tertiary/aromatic N) is 1. The maximum atomic E-state index is 10.7. The molecule has 1 aromatic rings. The average Bonchev–Trinajstić information content (AvgIpc) is 2.25. The SMILES string of the molecule is CCCSc1ccc(C(=O)O)c([N+](=O)[O-])c1. The molecule has 0 aromatic heterocycles. The Balaban J connectivity index is 3.07. The molecule has 0 aliphatic rings. The second kappa shape index (κ2) is 5.50. The number of rotatable bonds is 5. The highest BCUT2D eigenvalue weighted by atomic mass is 32.2. The molecule has 0 unspecified atom stereocenters. The van der Waals surface area contributed by atoms with Crippen molar-refractivity contribution in [1.29, 1.82) is 0 Å². The largest absolute Gasteiger partial charge is 0.477 e. The van der Waals surface area contributed by atoms with Crippen LogP contribution < -0.4 is 0 Å². The summed E-state index contributed by atoms with van der Waals surface area (Å²) in [6.45, 7) is 2.01. The predicted molar refractivity (Wildman–Crippen MR) is 61.1 cm³/mol. The number of aromatic carboxylic acids is 1. The standard InChI is InChI=1S/C10H11NO4S/c1-2-5-16-7-3-4-8(10(12)13)9(6-7)11(14)15/h3-4,6H,2,5H2,1H3,(H,12,13). The van der Waals surface area contributed by atoms with Gasteiger partial charge in [0.25, 0.3) is 5.69 Å². The van der Waals surface area contributed by atoms with E-state index in [2.05, 4.69) is 0 Å². The van der Waals surface area contributed by atoms with Crippen molar-refractivity contribution in [3.05, 3.63) is 33.9 Å². The minimum absolute atomic E-state index is 0.272.